The molecule has 1 amide bonds. The van der Waals surface area contributed by atoms with Crippen molar-refractivity contribution in [3.63, 3.8) is 0 Å². The number of halogens is 1. The first-order valence-corrected chi connectivity index (χ1v) is 10.8. The second-order valence-corrected chi connectivity index (χ2v) is 8.19. The lowest BCUT2D eigenvalue weighted by Crippen LogP contribution is -2.30. The number of fused-ring (bicyclic) bond motifs is 2. The average Bonchev–Trinajstić information content (AvgIpc) is 3.55. The van der Waals surface area contributed by atoms with Crippen molar-refractivity contribution >= 4 is 34.4 Å². The van der Waals surface area contributed by atoms with Crippen LogP contribution in [0.5, 0.6) is 5.75 Å². The molecule has 1 atom stereocenters. The Bertz CT molecular complexity index is 1490. The second kappa shape index (κ2) is 7.55. The van der Waals surface area contributed by atoms with E-state index in [1.807, 2.05) is 6.07 Å². The molecule has 168 valence electrons. The SMILES string of the molecule is O=C1C(=O)N(c2nc3ccccc3[nH]2)C(c2ccccc2F)/C1=C(\O)c1ccc2c(c1)CCO2. The number of anilines is 1. The van der Waals surface area contributed by atoms with Crippen LogP contribution in [0.15, 0.2) is 72.3 Å². The van der Waals surface area contributed by atoms with Gasteiger partial charge in [0.1, 0.15) is 23.4 Å². The molecule has 6 rings (SSSR count). The maximum absolute atomic E-state index is 15.0. The highest BCUT2D eigenvalue weighted by Gasteiger charge is 2.49. The van der Waals surface area contributed by atoms with Crippen LogP contribution in [0.4, 0.5) is 10.3 Å². The minimum Gasteiger partial charge on any atom is -0.507 e. The number of hydrogen-bond acceptors (Lipinski definition) is 5. The summed E-state index contributed by atoms with van der Waals surface area (Å²) in [4.78, 5) is 35.1. The molecule has 4 aromatic rings. The van der Waals surface area contributed by atoms with Crippen LogP contribution < -0.4 is 9.64 Å². The van der Waals surface area contributed by atoms with E-state index in [0.717, 1.165) is 10.5 Å². The molecule has 3 heterocycles. The summed E-state index contributed by atoms with van der Waals surface area (Å²) in [7, 11) is 0. The van der Waals surface area contributed by atoms with E-state index in [1.54, 1.807) is 42.5 Å². The summed E-state index contributed by atoms with van der Waals surface area (Å²) < 4.78 is 20.5. The van der Waals surface area contributed by atoms with E-state index in [0.29, 0.717) is 35.4 Å². The number of aliphatic hydroxyl groups excluding tert-OH is 1. The molecule has 3 aromatic carbocycles. The van der Waals surface area contributed by atoms with Gasteiger partial charge in [-0.15, -0.1) is 0 Å². The van der Waals surface area contributed by atoms with Gasteiger partial charge in [0.15, 0.2) is 0 Å². The van der Waals surface area contributed by atoms with Gasteiger partial charge in [-0.3, -0.25) is 14.5 Å². The molecule has 0 saturated carbocycles. The Morgan fingerprint density at radius 3 is 2.71 bits per heavy atom. The number of imidazole rings is 1. The molecule has 1 unspecified atom stereocenters. The monoisotopic (exact) mass is 455 g/mol. The fraction of sp³-hybridized carbons (Fsp3) is 0.115. The summed E-state index contributed by atoms with van der Waals surface area (Å²) in [6.07, 6.45) is 0.667. The lowest BCUT2D eigenvalue weighted by molar-refractivity contribution is -0.132. The quantitative estimate of drug-likeness (QED) is 0.273. The third-order valence-electron chi connectivity index (χ3n) is 6.21. The van der Waals surface area contributed by atoms with Crippen molar-refractivity contribution in [1.29, 1.82) is 0 Å². The van der Waals surface area contributed by atoms with Crippen molar-refractivity contribution < 1.29 is 23.8 Å². The van der Waals surface area contributed by atoms with Gasteiger partial charge in [-0.25, -0.2) is 9.37 Å². The van der Waals surface area contributed by atoms with Crippen LogP contribution >= 0.6 is 0 Å². The predicted octanol–water partition coefficient (Wildman–Crippen LogP) is 4.26. The van der Waals surface area contributed by atoms with E-state index in [1.165, 1.54) is 18.2 Å². The highest BCUT2D eigenvalue weighted by Crippen LogP contribution is 2.43. The number of H-pyrrole nitrogens is 1. The molecular formula is C26H18FN3O4. The molecule has 1 fully saturated rings. The van der Waals surface area contributed by atoms with Crippen molar-refractivity contribution in [3.8, 4) is 5.75 Å². The Morgan fingerprint density at radius 2 is 1.88 bits per heavy atom. The molecular weight excluding hydrogens is 437 g/mol. The summed E-state index contributed by atoms with van der Waals surface area (Å²) in [5.41, 5.74) is 2.37. The van der Waals surface area contributed by atoms with Crippen LogP contribution in [-0.4, -0.2) is 33.4 Å². The molecule has 1 aromatic heterocycles. The minimum atomic E-state index is -1.20. The van der Waals surface area contributed by atoms with Gasteiger partial charge in [-0.05, 0) is 42.0 Å². The Kier molecular flexibility index (Phi) is 4.48. The molecule has 2 N–H and O–H groups in total. The van der Waals surface area contributed by atoms with Gasteiger partial charge in [-0.1, -0.05) is 30.3 Å². The average molecular weight is 455 g/mol. The third kappa shape index (κ3) is 2.99. The Hall–Kier alpha value is -4.46. The van der Waals surface area contributed by atoms with Gasteiger partial charge in [-0.2, -0.15) is 0 Å². The number of aromatic amines is 1. The first kappa shape index (κ1) is 20.2. The number of aromatic nitrogens is 2. The van der Waals surface area contributed by atoms with Crippen LogP contribution in [0.1, 0.15) is 22.7 Å². The topological polar surface area (TPSA) is 95.5 Å². The van der Waals surface area contributed by atoms with Crippen LogP contribution in [0.3, 0.4) is 0 Å². The molecule has 0 bridgehead atoms. The molecule has 2 aliphatic heterocycles. The number of benzene rings is 3. The summed E-state index contributed by atoms with van der Waals surface area (Å²) in [6.45, 7) is 0.533. The minimum absolute atomic E-state index is 0.0770. The molecule has 1 saturated heterocycles. The highest BCUT2D eigenvalue weighted by molar-refractivity contribution is 6.51. The summed E-state index contributed by atoms with van der Waals surface area (Å²) >= 11 is 0. The van der Waals surface area contributed by atoms with E-state index < -0.39 is 23.5 Å². The number of carbonyl (C=O) groups is 2. The number of nitrogens with one attached hydrogen (secondary N) is 1. The number of aliphatic hydroxyl groups is 1. The van der Waals surface area contributed by atoms with Gasteiger partial charge in [0.05, 0.1) is 23.2 Å². The van der Waals surface area contributed by atoms with Gasteiger partial charge in [0.25, 0.3) is 5.78 Å². The van der Waals surface area contributed by atoms with E-state index >= 15 is 4.39 Å². The number of rotatable bonds is 3. The first-order valence-electron chi connectivity index (χ1n) is 10.8. The Morgan fingerprint density at radius 1 is 1.09 bits per heavy atom. The van der Waals surface area contributed by atoms with Gasteiger partial charge in [0.2, 0.25) is 5.95 Å². The number of para-hydroxylation sites is 2. The van der Waals surface area contributed by atoms with Crippen LogP contribution in [0.2, 0.25) is 0 Å². The number of ether oxygens (including phenoxy) is 1. The molecule has 2 aliphatic rings. The second-order valence-electron chi connectivity index (χ2n) is 8.19. The Labute approximate surface area is 193 Å². The predicted molar refractivity (Wildman–Crippen MR) is 123 cm³/mol. The number of Topliss-reactive ketones (excluding diaryl/α,β-unsaturated/α-hetero) is 1. The van der Waals surface area contributed by atoms with Crippen LogP contribution in [0, 0.1) is 5.82 Å². The maximum Gasteiger partial charge on any atom is 0.302 e. The summed E-state index contributed by atoms with van der Waals surface area (Å²) in [5, 5.41) is 11.3. The van der Waals surface area contributed by atoms with Crippen molar-refractivity contribution in [2.24, 2.45) is 0 Å². The fourth-order valence-corrected chi connectivity index (χ4v) is 4.58. The third-order valence-corrected chi connectivity index (χ3v) is 6.21. The summed E-state index contributed by atoms with van der Waals surface area (Å²) in [6, 6.07) is 16.9. The van der Waals surface area contributed by atoms with E-state index in [2.05, 4.69) is 9.97 Å². The lowest BCUT2D eigenvalue weighted by Gasteiger charge is -2.23. The summed E-state index contributed by atoms with van der Waals surface area (Å²) in [5.74, 6) is -1.99. The zero-order chi connectivity index (χ0) is 23.4. The molecule has 8 heteroatoms. The molecule has 0 radical (unpaired) electrons. The number of hydrogen-bond donors (Lipinski definition) is 2. The number of nitrogens with zero attached hydrogens (tertiary/aromatic N) is 2. The van der Waals surface area contributed by atoms with E-state index in [9.17, 15) is 14.7 Å². The fourth-order valence-electron chi connectivity index (χ4n) is 4.58. The lowest BCUT2D eigenvalue weighted by atomic mass is 9.94. The van der Waals surface area contributed by atoms with Gasteiger partial charge >= 0.3 is 5.91 Å². The number of ketones is 1. The number of carbonyl (C=O) groups excluding carboxylic acids is 2. The standard InChI is InChI=1S/C26H18FN3O4/c27-17-6-2-1-5-16(17)22-21(23(31)15-9-10-20-14(13-15)11-12-34-20)24(32)25(33)30(22)26-28-18-7-3-4-8-19(18)29-26/h1-10,13,22,31H,11-12H2,(H,28,29)/b23-21+. The first-order chi connectivity index (χ1) is 16.5. The van der Waals surface area contributed by atoms with Crippen LogP contribution in [0.25, 0.3) is 16.8 Å². The maximum atomic E-state index is 15.0. The number of amides is 1. The van der Waals surface area contributed by atoms with Crippen molar-refractivity contribution in [2.75, 3.05) is 11.5 Å². The smallest absolute Gasteiger partial charge is 0.302 e. The molecule has 34 heavy (non-hydrogen) atoms. The Balaban J connectivity index is 1.57. The zero-order valence-corrected chi connectivity index (χ0v) is 17.8. The molecule has 0 spiro atoms. The van der Waals surface area contributed by atoms with Gasteiger partial charge < -0.3 is 14.8 Å². The van der Waals surface area contributed by atoms with Crippen molar-refractivity contribution in [2.45, 2.75) is 12.5 Å². The van der Waals surface area contributed by atoms with Crippen LogP contribution in [-0.2, 0) is 16.0 Å². The molecule has 0 aliphatic carbocycles. The molecule has 7 nitrogen and oxygen atoms in total. The largest absolute Gasteiger partial charge is 0.507 e. The van der Waals surface area contributed by atoms with Crippen molar-refractivity contribution in [3.05, 3.63) is 94.8 Å². The van der Waals surface area contributed by atoms with E-state index in [-0.39, 0.29) is 22.8 Å². The van der Waals surface area contributed by atoms with E-state index in [4.69, 9.17) is 4.74 Å². The highest BCUT2D eigenvalue weighted by atomic mass is 19.1. The normalized spacial score (nSPS) is 19.0. The van der Waals surface area contributed by atoms with Gasteiger partial charge in [0, 0.05) is 17.5 Å². The van der Waals surface area contributed by atoms with Crippen molar-refractivity contribution in [1.82, 2.24) is 9.97 Å². The zero-order valence-electron chi connectivity index (χ0n) is 17.8.